The summed E-state index contributed by atoms with van der Waals surface area (Å²) in [6.45, 7) is 2.30. The second kappa shape index (κ2) is 8.61. The Hall–Kier alpha value is -3.93. The number of pyridine rings is 1. The summed E-state index contributed by atoms with van der Waals surface area (Å²) in [4.78, 5) is 29.4. The molecule has 0 bridgehead atoms. The van der Waals surface area contributed by atoms with E-state index in [1.165, 1.54) is 0 Å². The smallest absolute Gasteiger partial charge is 0.338 e. The van der Waals surface area contributed by atoms with E-state index in [1.54, 1.807) is 36.4 Å². The highest BCUT2D eigenvalue weighted by Gasteiger charge is 2.12. The van der Waals surface area contributed by atoms with Gasteiger partial charge < -0.3 is 14.5 Å². The van der Waals surface area contributed by atoms with Gasteiger partial charge in [0.25, 0.3) is 5.91 Å². The summed E-state index contributed by atoms with van der Waals surface area (Å²) < 4.78 is 7.02. The van der Waals surface area contributed by atoms with Crippen molar-refractivity contribution in [1.82, 2.24) is 9.38 Å². The Bertz CT molecular complexity index is 1200. The monoisotopic (exact) mass is 399 g/mol. The number of imidazole rings is 1. The number of amides is 1. The normalized spacial score (nSPS) is 10.7. The van der Waals surface area contributed by atoms with E-state index in [4.69, 9.17) is 4.74 Å². The summed E-state index contributed by atoms with van der Waals surface area (Å²) in [6, 6.07) is 20.1. The van der Waals surface area contributed by atoms with E-state index >= 15 is 0 Å². The molecule has 30 heavy (non-hydrogen) atoms. The topological polar surface area (TPSA) is 72.7 Å². The van der Waals surface area contributed by atoms with Gasteiger partial charge in [0.15, 0.2) is 0 Å². The lowest BCUT2D eigenvalue weighted by molar-refractivity contribution is 0.0505. The Morgan fingerprint density at radius 2 is 1.83 bits per heavy atom. The van der Waals surface area contributed by atoms with Crippen molar-refractivity contribution in [3.8, 4) is 11.3 Å². The van der Waals surface area contributed by atoms with Gasteiger partial charge in [-0.3, -0.25) is 4.79 Å². The summed E-state index contributed by atoms with van der Waals surface area (Å²) in [7, 11) is 0. The predicted molar refractivity (Wildman–Crippen MR) is 116 cm³/mol. The minimum absolute atomic E-state index is 0.277. The molecule has 1 amide bonds. The van der Waals surface area contributed by atoms with Gasteiger partial charge in [-0.05, 0) is 36.8 Å². The number of nitrogens with zero attached hydrogens (tertiary/aromatic N) is 2. The summed E-state index contributed by atoms with van der Waals surface area (Å²) in [6.07, 6.45) is 4.49. The molecule has 150 valence electrons. The Labute approximate surface area is 174 Å². The van der Waals surface area contributed by atoms with Crippen LogP contribution in [0.3, 0.4) is 0 Å². The molecule has 0 radical (unpaired) electrons. The van der Waals surface area contributed by atoms with Gasteiger partial charge in [-0.15, -0.1) is 0 Å². The average Bonchev–Trinajstić information content (AvgIpc) is 3.21. The van der Waals surface area contributed by atoms with Crippen molar-refractivity contribution < 1.29 is 14.3 Å². The number of benzene rings is 2. The Kier molecular flexibility index (Phi) is 5.57. The molecular weight excluding hydrogens is 378 g/mol. The number of aromatic nitrogens is 2. The molecule has 0 fully saturated rings. The lowest BCUT2D eigenvalue weighted by Crippen LogP contribution is -2.13. The van der Waals surface area contributed by atoms with Crippen molar-refractivity contribution in [2.75, 3.05) is 11.9 Å². The first-order valence-electron chi connectivity index (χ1n) is 9.77. The average molecular weight is 399 g/mol. The third kappa shape index (κ3) is 4.22. The molecule has 0 saturated carbocycles. The number of hydrogen-bond acceptors (Lipinski definition) is 4. The molecule has 2 heterocycles. The largest absolute Gasteiger partial charge is 0.462 e. The molecule has 0 saturated heterocycles. The molecule has 0 aliphatic rings. The molecule has 6 nitrogen and oxygen atoms in total. The quantitative estimate of drug-likeness (QED) is 0.472. The van der Waals surface area contributed by atoms with Crippen molar-refractivity contribution in [1.29, 1.82) is 0 Å². The first-order valence-corrected chi connectivity index (χ1v) is 9.77. The van der Waals surface area contributed by atoms with Crippen LogP contribution in [0.5, 0.6) is 0 Å². The van der Waals surface area contributed by atoms with E-state index in [0.717, 1.165) is 17.7 Å². The van der Waals surface area contributed by atoms with Gasteiger partial charge in [-0.1, -0.05) is 43.3 Å². The number of fused-ring (bicyclic) bond motifs is 1. The van der Waals surface area contributed by atoms with Crippen molar-refractivity contribution in [2.24, 2.45) is 0 Å². The third-order valence-corrected chi connectivity index (χ3v) is 4.59. The van der Waals surface area contributed by atoms with Gasteiger partial charge in [0.05, 0.1) is 17.9 Å². The molecular formula is C24H21N3O3. The van der Waals surface area contributed by atoms with Gasteiger partial charge in [-0.2, -0.15) is 0 Å². The van der Waals surface area contributed by atoms with Crippen LogP contribution in [0.2, 0.25) is 0 Å². The lowest BCUT2D eigenvalue weighted by Gasteiger charge is -2.08. The maximum Gasteiger partial charge on any atom is 0.338 e. The number of carbonyl (C=O) groups excluding carboxylic acids is 2. The maximum absolute atomic E-state index is 12.7. The van der Waals surface area contributed by atoms with Crippen molar-refractivity contribution in [3.63, 3.8) is 0 Å². The van der Waals surface area contributed by atoms with E-state index < -0.39 is 5.97 Å². The minimum atomic E-state index is -0.403. The van der Waals surface area contributed by atoms with Crippen LogP contribution in [0, 0.1) is 0 Å². The zero-order valence-corrected chi connectivity index (χ0v) is 16.5. The number of esters is 1. The molecule has 4 aromatic rings. The number of carbonyl (C=O) groups is 2. The van der Waals surface area contributed by atoms with Gasteiger partial charge in [0.1, 0.15) is 5.65 Å². The molecule has 1 N–H and O–H groups in total. The molecule has 0 atom stereocenters. The van der Waals surface area contributed by atoms with E-state index in [2.05, 4.69) is 10.3 Å². The highest BCUT2D eigenvalue weighted by atomic mass is 16.5. The zero-order valence-electron chi connectivity index (χ0n) is 16.5. The first kappa shape index (κ1) is 19.4. The number of hydrogen-bond donors (Lipinski definition) is 1. The molecule has 0 aliphatic heterocycles. The van der Waals surface area contributed by atoms with E-state index in [0.29, 0.717) is 29.1 Å². The summed E-state index contributed by atoms with van der Waals surface area (Å²) >= 11 is 0. The molecule has 2 aromatic heterocycles. The highest BCUT2D eigenvalue weighted by molar-refractivity contribution is 6.05. The van der Waals surface area contributed by atoms with Crippen LogP contribution in [0.15, 0.2) is 79.1 Å². The first-order chi connectivity index (χ1) is 14.6. The van der Waals surface area contributed by atoms with E-state index in [9.17, 15) is 9.59 Å². The number of nitrogens with one attached hydrogen (secondary N) is 1. The Morgan fingerprint density at radius 1 is 1.00 bits per heavy atom. The predicted octanol–water partition coefficient (Wildman–Crippen LogP) is 4.82. The molecule has 0 aliphatic carbocycles. The summed E-state index contributed by atoms with van der Waals surface area (Å²) in [5.41, 5.74) is 3.94. The van der Waals surface area contributed by atoms with Crippen LogP contribution in [-0.2, 0) is 4.74 Å². The highest BCUT2D eigenvalue weighted by Crippen LogP contribution is 2.20. The second-order valence-corrected chi connectivity index (χ2v) is 6.84. The van der Waals surface area contributed by atoms with Crippen molar-refractivity contribution in [3.05, 3.63) is 90.3 Å². The fourth-order valence-electron chi connectivity index (χ4n) is 3.08. The van der Waals surface area contributed by atoms with Gasteiger partial charge in [0.2, 0.25) is 0 Å². The molecule has 4 rings (SSSR count). The summed E-state index contributed by atoms with van der Waals surface area (Å²) in [5, 5.41) is 2.83. The van der Waals surface area contributed by atoms with Gasteiger partial charge >= 0.3 is 5.97 Å². The Balaban J connectivity index is 1.53. The maximum atomic E-state index is 12.7. The van der Waals surface area contributed by atoms with Crippen LogP contribution in [0.1, 0.15) is 34.1 Å². The number of anilines is 1. The van der Waals surface area contributed by atoms with E-state index in [1.807, 2.05) is 54.0 Å². The number of ether oxygens (including phenoxy) is 1. The Morgan fingerprint density at radius 3 is 2.63 bits per heavy atom. The minimum Gasteiger partial charge on any atom is -0.462 e. The molecule has 6 heteroatoms. The third-order valence-electron chi connectivity index (χ3n) is 4.59. The van der Waals surface area contributed by atoms with Crippen LogP contribution in [-0.4, -0.2) is 27.9 Å². The summed E-state index contributed by atoms with van der Waals surface area (Å²) in [5.74, 6) is -0.680. The lowest BCUT2D eigenvalue weighted by atomic mass is 10.2. The zero-order chi connectivity index (χ0) is 20.9. The van der Waals surface area contributed by atoms with Crippen LogP contribution < -0.4 is 5.32 Å². The van der Waals surface area contributed by atoms with E-state index in [-0.39, 0.29) is 5.91 Å². The molecule has 0 spiro atoms. The second-order valence-electron chi connectivity index (χ2n) is 6.84. The van der Waals surface area contributed by atoms with Gasteiger partial charge in [0, 0.05) is 29.2 Å². The fourth-order valence-corrected chi connectivity index (χ4v) is 3.08. The van der Waals surface area contributed by atoms with Crippen LogP contribution in [0.25, 0.3) is 16.9 Å². The fraction of sp³-hybridized carbons (Fsp3) is 0.125. The van der Waals surface area contributed by atoms with Crippen molar-refractivity contribution in [2.45, 2.75) is 13.3 Å². The van der Waals surface area contributed by atoms with Crippen LogP contribution in [0.4, 0.5) is 5.69 Å². The van der Waals surface area contributed by atoms with Crippen LogP contribution >= 0.6 is 0 Å². The van der Waals surface area contributed by atoms with Crippen molar-refractivity contribution >= 4 is 23.2 Å². The number of rotatable bonds is 6. The standard InChI is InChI=1S/C24H21N3O3/c1-2-13-30-24(29)19-9-6-10-20(14-19)25-23(28)18-11-12-27-16-21(26-22(27)15-18)17-7-4-3-5-8-17/h3-12,14-16H,2,13H2,1H3,(H,25,28). The molecule has 0 unspecified atom stereocenters. The SMILES string of the molecule is CCCOC(=O)c1cccc(NC(=O)c2ccn3cc(-c4ccccc4)nc3c2)c1. The molecule has 2 aromatic carbocycles. The van der Waals surface area contributed by atoms with Gasteiger partial charge in [-0.25, -0.2) is 9.78 Å².